The summed E-state index contributed by atoms with van der Waals surface area (Å²) in [7, 11) is 0. The molecule has 0 aliphatic heterocycles. The summed E-state index contributed by atoms with van der Waals surface area (Å²) in [5, 5.41) is 1.30. The molecule has 0 heterocycles. The first kappa shape index (κ1) is 12.7. The van der Waals surface area contributed by atoms with Gasteiger partial charge in [0.25, 0.3) is 0 Å². The van der Waals surface area contributed by atoms with Crippen LogP contribution in [0.4, 0.5) is 0 Å². The minimum atomic E-state index is -2.29. The molecular weight excluding hydrogens is 269 g/mol. The van der Waals surface area contributed by atoms with Gasteiger partial charge in [-0.15, -0.1) is 0 Å². The van der Waals surface area contributed by atoms with Crippen LogP contribution in [0.3, 0.4) is 0 Å². The Morgan fingerprint density at radius 1 is 1.33 bits per heavy atom. The van der Waals surface area contributed by atoms with E-state index in [1.54, 1.807) is 4.17 Å². The van der Waals surface area contributed by atoms with Gasteiger partial charge in [-0.2, -0.15) is 0 Å². The zero-order valence-electron chi connectivity index (χ0n) is 10.3. The molecule has 0 spiro atoms. The molecule has 0 fully saturated rings. The van der Waals surface area contributed by atoms with Crippen molar-refractivity contribution in [2.75, 3.05) is 0 Å². The van der Waals surface area contributed by atoms with Gasteiger partial charge in [0.05, 0.1) is 0 Å². The Bertz CT molecular complexity index is 340. The van der Waals surface area contributed by atoms with E-state index in [1.807, 2.05) is 0 Å². The Morgan fingerprint density at radius 3 is 2.53 bits per heavy atom. The maximum absolute atomic E-state index is 2.51. The van der Waals surface area contributed by atoms with E-state index >= 15 is 0 Å². The summed E-state index contributed by atoms with van der Waals surface area (Å²) in [4.78, 5) is 0. The quantitative estimate of drug-likeness (QED) is 0.497. The molecule has 0 aromatic carbocycles. The van der Waals surface area contributed by atoms with E-state index in [9.17, 15) is 0 Å². The van der Waals surface area contributed by atoms with Gasteiger partial charge in [-0.25, -0.2) is 0 Å². The zero-order chi connectivity index (χ0) is 11.4. The van der Waals surface area contributed by atoms with Crippen molar-refractivity contribution >= 4 is 0 Å². The number of rotatable bonds is 4. The first-order chi connectivity index (χ1) is 7.02. The van der Waals surface area contributed by atoms with Gasteiger partial charge >= 0.3 is 95.2 Å². The maximum atomic E-state index is 2.51. The Morgan fingerprint density at radius 2 is 2.07 bits per heavy atom. The van der Waals surface area contributed by atoms with Crippen molar-refractivity contribution < 1.29 is 13.6 Å². The number of hydrogen-bond donors (Lipinski definition) is 0. The van der Waals surface area contributed by atoms with E-state index in [0.29, 0.717) is 0 Å². The Labute approximate surface area is 95.2 Å². The van der Waals surface area contributed by atoms with Crippen LogP contribution < -0.4 is 0 Å². The second kappa shape index (κ2) is 4.62. The van der Waals surface area contributed by atoms with Crippen molar-refractivity contribution in [3.05, 3.63) is 45.3 Å². The van der Waals surface area contributed by atoms with Crippen molar-refractivity contribution in [1.29, 1.82) is 0 Å². The van der Waals surface area contributed by atoms with Crippen LogP contribution in [0.2, 0.25) is 16.1 Å². The first-order valence-corrected chi connectivity index (χ1v) is 11.9. The van der Waals surface area contributed by atoms with Gasteiger partial charge < -0.3 is 0 Å². The predicted molar refractivity (Wildman–Crippen MR) is 68.0 cm³/mol. The van der Waals surface area contributed by atoms with Crippen molar-refractivity contribution in [2.24, 2.45) is 0 Å². The van der Waals surface area contributed by atoms with Crippen LogP contribution >= 0.6 is 0 Å². The second-order valence-corrected chi connectivity index (χ2v) is 17.0. The summed E-state index contributed by atoms with van der Waals surface area (Å²) >= 11 is -2.29. The third kappa shape index (κ3) is 2.78. The molecular formula is C14H23Ru. The molecule has 1 heteroatoms. The van der Waals surface area contributed by atoms with Gasteiger partial charge in [-0.3, -0.25) is 0 Å². The summed E-state index contributed by atoms with van der Waals surface area (Å²) in [5.74, 6) is 0. The van der Waals surface area contributed by atoms with Crippen molar-refractivity contribution in [3.63, 3.8) is 0 Å². The number of hydrogen-bond acceptors (Lipinski definition) is 0. The van der Waals surface area contributed by atoms with Crippen molar-refractivity contribution in [3.8, 4) is 0 Å². The molecule has 0 amide bonds. The summed E-state index contributed by atoms with van der Waals surface area (Å²) in [6, 6.07) is 0. The van der Waals surface area contributed by atoms with Gasteiger partial charge in [0.1, 0.15) is 0 Å². The van der Waals surface area contributed by atoms with Crippen LogP contribution in [0.25, 0.3) is 0 Å². The monoisotopic (exact) mass is 293 g/mol. The molecule has 0 atom stereocenters. The van der Waals surface area contributed by atoms with Gasteiger partial charge in [0.15, 0.2) is 0 Å². The average Bonchev–Trinajstić information content (AvgIpc) is 2.72. The molecule has 0 unspecified atom stereocenters. The fourth-order valence-corrected chi connectivity index (χ4v) is 6.86. The van der Waals surface area contributed by atoms with Crippen LogP contribution in [-0.2, 0) is 13.6 Å². The topological polar surface area (TPSA) is 0 Å². The van der Waals surface area contributed by atoms with Crippen LogP contribution in [0.1, 0.15) is 20.3 Å². The minimum absolute atomic E-state index is 1.17. The summed E-state index contributed by atoms with van der Waals surface area (Å²) in [6.07, 6.45) is 14.5. The Balaban J connectivity index is 2.99. The molecule has 1 aliphatic carbocycles. The van der Waals surface area contributed by atoms with E-state index < -0.39 is 13.6 Å². The summed E-state index contributed by atoms with van der Waals surface area (Å²) in [5.41, 5.74) is 5.02. The first-order valence-electron chi connectivity index (χ1n) is 5.34. The molecule has 1 rings (SSSR count). The molecule has 0 bridgehead atoms. The van der Waals surface area contributed by atoms with Crippen molar-refractivity contribution in [1.82, 2.24) is 0 Å². The standard InChI is InChI=1S/C5H5.C5H7.C2H5.2CH3.Ru/c1-2-4-5-3-1;1-3-5-4-2;1-2;;;/h1-3H,4H2;1,3-5H,2H3;1H2,2H3;2*1H3;. The molecule has 1 aliphatic rings. The normalized spacial score (nSPS) is 19.7. The van der Waals surface area contributed by atoms with Gasteiger partial charge in [0.2, 0.25) is 0 Å². The van der Waals surface area contributed by atoms with E-state index in [-0.39, 0.29) is 0 Å². The molecule has 15 heavy (non-hydrogen) atoms. The summed E-state index contributed by atoms with van der Waals surface area (Å²) in [6.45, 7) is 4.41. The Kier molecular flexibility index (Phi) is 3.89. The van der Waals surface area contributed by atoms with Gasteiger partial charge in [-0.1, -0.05) is 0 Å². The fraction of sp³-hybridized carbons (Fsp3) is 0.429. The third-order valence-corrected chi connectivity index (χ3v) is 13.3. The molecule has 0 N–H and O–H groups in total. The van der Waals surface area contributed by atoms with Gasteiger partial charge in [0, 0.05) is 0 Å². The number of allylic oxidation sites excluding steroid dienone is 7. The molecule has 0 aromatic rings. The van der Waals surface area contributed by atoms with E-state index in [1.165, 1.54) is 11.4 Å². The van der Waals surface area contributed by atoms with E-state index in [0.717, 1.165) is 0 Å². The zero-order valence-corrected chi connectivity index (χ0v) is 12.0. The molecule has 0 aromatic heterocycles. The average molecular weight is 292 g/mol. The fourth-order valence-electron chi connectivity index (χ4n) is 1.53. The molecule has 0 saturated carbocycles. The van der Waals surface area contributed by atoms with Crippen LogP contribution in [0.5, 0.6) is 0 Å². The van der Waals surface area contributed by atoms with Crippen LogP contribution in [0.15, 0.2) is 45.3 Å². The molecule has 0 radical (unpaired) electrons. The van der Waals surface area contributed by atoms with Crippen LogP contribution in [-0.4, -0.2) is 0 Å². The van der Waals surface area contributed by atoms with E-state index in [4.69, 9.17) is 0 Å². The second-order valence-electron chi connectivity index (χ2n) is 4.30. The summed E-state index contributed by atoms with van der Waals surface area (Å²) < 4.78 is 4.20. The third-order valence-electron chi connectivity index (χ3n) is 2.98. The van der Waals surface area contributed by atoms with E-state index in [2.05, 4.69) is 66.0 Å². The van der Waals surface area contributed by atoms with Crippen molar-refractivity contribution in [2.45, 2.75) is 36.3 Å². The Hall–Kier alpha value is -0.417. The molecule has 0 nitrogen and oxygen atoms in total. The molecule has 0 saturated heterocycles. The van der Waals surface area contributed by atoms with Crippen LogP contribution in [0, 0.1) is 0 Å². The van der Waals surface area contributed by atoms with Gasteiger partial charge in [-0.05, 0) is 0 Å². The predicted octanol–water partition coefficient (Wildman–Crippen LogP) is 5.14. The molecule has 87 valence electrons. The SMILES string of the molecule is CC=CC=[CH][Ru]([CH3])([CH3])([CH2]C)[C]1=CC=CC1.